The molecule has 4 heteroatoms. The molecular weight excluding hydrogens is 254 g/mol. The third kappa shape index (κ3) is 2.91. The first-order valence-corrected chi connectivity index (χ1v) is 6.26. The lowest BCUT2D eigenvalue weighted by Crippen LogP contribution is -2.08. The SMILES string of the molecule is COc1ccccc1C/C(=N/O)c1ccccc1OC. The van der Waals surface area contributed by atoms with Gasteiger partial charge in [0.2, 0.25) is 0 Å². The molecule has 20 heavy (non-hydrogen) atoms. The molecule has 0 saturated heterocycles. The van der Waals surface area contributed by atoms with Crippen molar-refractivity contribution in [2.24, 2.45) is 5.16 Å². The zero-order valence-corrected chi connectivity index (χ0v) is 11.5. The molecule has 0 fully saturated rings. The number of benzene rings is 2. The van der Waals surface area contributed by atoms with Crippen molar-refractivity contribution in [3.05, 3.63) is 59.7 Å². The average molecular weight is 271 g/mol. The zero-order chi connectivity index (χ0) is 14.4. The van der Waals surface area contributed by atoms with Gasteiger partial charge in [0.15, 0.2) is 0 Å². The summed E-state index contributed by atoms with van der Waals surface area (Å²) >= 11 is 0. The van der Waals surface area contributed by atoms with Gasteiger partial charge in [0.25, 0.3) is 0 Å². The second-order valence-electron chi connectivity index (χ2n) is 4.24. The largest absolute Gasteiger partial charge is 0.496 e. The monoisotopic (exact) mass is 271 g/mol. The van der Waals surface area contributed by atoms with E-state index in [2.05, 4.69) is 5.16 Å². The van der Waals surface area contributed by atoms with Crippen LogP contribution < -0.4 is 9.47 Å². The zero-order valence-electron chi connectivity index (χ0n) is 11.5. The number of nitrogens with zero attached hydrogens (tertiary/aromatic N) is 1. The van der Waals surface area contributed by atoms with Crippen LogP contribution in [0.4, 0.5) is 0 Å². The Balaban J connectivity index is 2.35. The third-order valence-corrected chi connectivity index (χ3v) is 3.09. The Bertz CT molecular complexity index is 608. The lowest BCUT2D eigenvalue weighted by atomic mass is 10.0. The maximum Gasteiger partial charge on any atom is 0.128 e. The fraction of sp³-hybridized carbons (Fsp3) is 0.188. The Kier molecular flexibility index (Phi) is 4.60. The summed E-state index contributed by atoms with van der Waals surface area (Å²) in [6, 6.07) is 15.1. The number of oxime groups is 1. The molecule has 0 unspecified atom stereocenters. The molecular formula is C16H17NO3. The second kappa shape index (κ2) is 6.61. The van der Waals surface area contributed by atoms with Gasteiger partial charge >= 0.3 is 0 Å². The Hall–Kier alpha value is -2.49. The van der Waals surface area contributed by atoms with E-state index in [9.17, 15) is 5.21 Å². The van der Waals surface area contributed by atoms with Crippen molar-refractivity contribution in [2.45, 2.75) is 6.42 Å². The summed E-state index contributed by atoms with van der Waals surface area (Å²) in [7, 11) is 3.22. The van der Waals surface area contributed by atoms with E-state index >= 15 is 0 Å². The molecule has 0 atom stereocenters. The lowest BCUT2D eigenvalue weighted by molar-refractivity contribution is 0.318. The number of para-hydroxylation sites is 2. The van der Waals surface area contributed by atoms with Gasteiger partial charge in [0.1, 0.15) is 11.5 Å². The molecule has 0 aromatic heterocycles. The molecule has 0 spiro atoms. The van der Waals surface area contributed by atoms with Crippen LogP contribution in [0.3, 0.4) is 0 Å². The van der Waals surface area contributed by atoms with E-state index < -0.39 is 0 Å². The molecule has 2 aromatic carbocycles. The average Bonchev–Trinajstić information content (AvgIpc) is 2.53. The topological polar surface area (TPSA) is 51.0 Å². The van der Waals surface area contributed by atoms with Crippen LogP contribution in [0.15, 0.2) is 53.7 Å². The van der Waals surface area contributed by atoms with Crippen LogP contribution in [0.2, 0.25) is 0 Å². The predicted molar refractivity (Wildman–Crippen MR) is 78.0 cm³/mol. The van der Waals surface area contributed by atoms with Gasteiger partial charge in [-0.15, -0.1) is 0 Å². The van der Waals surface area contributed by atoms with Crippen molar-refractivity contribution in [3.63, 3.8) is 0 Å². The van der Waals surface area contributed by atoms with E-state index in [1.165, 1.54) is 0 Å². The first kappa shape index (κ1) is 13.9. The van der Waals surface area contributed by atoms with Gasteiger partial charge in [-0.1, -0.05) is 35.5 Å². The summed E-state index contributed by atoms with van der Waals surface area (Å²) in [6.45, 7) is 0. The van der Waals surface area contributed by atoms with Crippen LogP contribution in [-0.2, 0) is 6.42 Å². The molecule has 0 aliphatic heterocycles. The van der Waals surface area contributed by atoms with E-state index in [1.807, 2.05) is 48.5 Å². The molecule has 2 rings (SSSR count). The van der Waals surface area contributed by atoms with Crippen molar-refractivity contribution in [1.82, 2.24) is 0 Å². The molecule has 0 amide bonds. The van der Waals surface area contributed by atoms with Gasteiger partial charge in [-0.05, 0) is 18.2 Å². The molecule has 104 valence electrons. The summed E-state index contributed by atoms with van der Waals surface area (Å²) in [5.74, 6) is 1.44. The molecule has 0 aliphatic carbocycles. The number of rotatable bonds is 5. The first-order valence-electron chi connectivity index (χ1n) is 6.26. The molecule has 2 aromatic rings. The molecule has 0 heterocycles. The van der Waals surface area contributed by atoms with E-state index in [1.54, 1.807) is 14.2 Å². The first-order chi connectivity index (χ1) is 9.80. The highest BCUT2D eigenvalue weighted by Gasteiger charge is 2.13. The number of hydrogen-bond acceptors (Lipinski definition) is 4. The molecule has 1 N–H and O–H groups in total. The maximum absolute atomic E-state index is 9.32. The summed E-state index contributed by atoms with van der Waals surface area (Å²) in [6.07, 6.45) is 0.459. The summed E-state index contributed by atoms with van der Waals surface area (Å²) < 4.78 is 10.6. The summed E-state index contributed by atoms with van der Waals surface area (Å²) in [4.78, 5) is 0. The predicted octanol–water partition coefficient (Wildman–Crippen LogP) is 3.12. The standard InChI is InChI=1S/C16H17NO3/c1-19-15-9-5-3-7-12(15)11-14(17-18)13-8-4-6-10-16(13)20-2/h3-10,18H,11H2,1-2H3/b17-14-. The third-order valence-electron chi connectivity index (χ3n) is 3.09. The van der Waals surface area contributed by atoms with Crippen LogP contribution in [0.25, 0.3) is 0 Å². The van der Waals surface area contributed by atoms with Gasteiger partial charge in [0.05, 0.1) is 19.9 Å². The highest BCUT2D eigenvalue weighted by Crippen LogP contribution is 2.23. The smallest absolute Gasteiger partial charge is 0.128 e. The van der Waals surface area contributed by atoms with Crippen LogP contribution in [0.1, 0.15) is 11.1 Å². The maximum atomic E-state index is 9.32. The number of methoxy groups -OCH3 is 2. The Morgan fingerprint density at radius 3 is 2.20 bits per heavy atom. The number of ether oxygens (including phenoxy) is 2. The molecule has 0 radical (unpaired) electrons. The van der Waals surface area contributed by atoms with Gasteiger partial charge in [0, 0.05) is 17.5 Å². The van der Waals surface area contributed by atoms with Gasteiger partial charge < -0.3 is 14.7 Å². The van der Waals surface area contributed by atoms with Gasteiger partial charge in [-0.3, -0.25) is 0 Å². The van der Waals surface area contributed by atoms with Gasteiger partial charge in [-0.25, -0.2) is 0 Å². The van der Waals surface area contributed by atoms with E-state index in [4.69, 9.17) is 9.47 Å². The summed E-state index contributed by atoms with van der Waals surface area (Å²) in [5, 5.41) is 12.7. The Morgan fingerprint density at radius 2 is 1.55 bits per heavy atom. The summed E-state index contributed by atoms with van der Waals surface area (Å²) in [5.41, 5.74) is 2.25. The molecule has 0 bridgehead atoms. The van der Waals surface area contributed by atoms with Crippen LogP contribution >= 0.6 is 0 Å². The molecule has 0 saturated carbocycles. The van der Waals surface area contributed by atoms with E-state index in [-0.39, 0.29) is 0 Å². The minimum atomic E-state index is 0.459. The number of hydrogen-bond donors (Lipinski definition) is 1. The lowest BCUT2D eigenvalue weighted by Gasteiger charge is -2.12. The Labute approximate surface area is 118 Å². The van der Waals surface area contributed by atoms with E-state index in [0.717, 1.165) is 16.9 Å². The van der Waals surface area contributed by atoms with Gasteiger partial charge in [-0.2, -0.15) is 0 Å². The Morgan fingerprint density at radius 1 is 0.950 bits per heavy atom. The quantitative estimate of drug-likeness (QED) is 0.516. The van der Waals surface area contributed by atoms with Crippen molar-refractivity contribution in [1.29, 1.82) is 0 Å². The van der Waals surface area contributed by atoms with Crippen LogP contribution in [0.5, 0.6) is 11.5 Å². The van der Waals surface area contributed by atoms with Crippen LogP contribution in [0, 0.1) is 0 Å². The van der Waals surface area contributed by atoms with Crippen molar-refractivity contribution < 1.29 is 14.7 Å². The fourth-order valence-corrected chi connectivity index (χ4v) is 2.10. The molecule has 4 nitrogen and oxygen atoms in total. The van der Waals surface area contributed by atoms with Crippen molar-refractivity contribution >= 4 is 5.71 Å². The van der Waals surface area contributed by atoms with Crippen molar-refractivity contribution in [3.8, 4) is 11.5 Å². The highest BCUT2D eigenvalue weighted by atomic mass is 16.5. The highest BCUT2D eigenvalue weighted by molar-refractivity contribution is 6.03. The minimum Gasteiger partial charge on any atom is -0.496 e. The minimum absolute atomic E-state index is 0.459. The molecule has 0 aliphatic rings. The van der Waals surface area contributed by atoms with Crippen molar-refractivity contribution in [2.75, 3.05) is 14.2 Å². The van der Waals surface area contributed by atoms with E-state index in [0.29, 0.717) is 17.9 Å². The normalized spacial score (nSPS) is 11.2. The van der Waals surface area contributed by atoms with Crippen LogP contribution in [-0.4, -0.2) is 25.1 Å². The second-order valence-corrected chi connectivity index (χ2v) is 4.24. The fourth-order valence-electron chi connectivity index (χ4n) is 2.10.